The number of ether oxygens (including phenoxy) is 1. The second kappa shape index (κ2) is 6.85. The third kappa shape index (κ3) is 6.20. The summed E-state index contributed by atoms with van der Waals surface area (Å²) in [7, 11) is 0. The first-order chi connectivity index (χ1) is 9.99. The van der Waals surface area contributed by atoms with Crippen molar-refractivity contribution < 1.29 is 22.7 Å². The van der Waals surface area contributed by atoms with Gasteiger partial charge < -0.3 is 10.1 Å². The largest absolute Gasteiger partial charge is 0.444 e. The number of hydrogen-bond acceptors (Lipinski definition) is 2. The van der Waals surface area contributed by atoms with Gasteiger partial charge in [0.2, 0.25) is 0 Å². The predicted octanol–water partition coefficient (Wildman–Crippen LogP) is 4.55. The Morgan fingerprint density at radius 2 is 1.91 bits per heavy atom. The number of alkyl halides is 3. The van der Waals surface area contributed by atoms with Crippen molar-refractivity contribution in [2.45, 2.75) is 39.5 Å². The summed E-state index contributed by atoms with van der Waals surface area (Å²) in [5.41, 5.74) is -0.106. The molecular formula is C16H20F3NO2. The molecule has 0 aromatic heterocycles. The van der Waals surface area contributed by atoms with Crippen molar-refractivity contribution in [2.75, 3.05) is 6.54 Å². The number of halogens is 3. The number of hydrogen-bond donors (Lipinski definition) is 1. The van der Waals surface area contributed by atoms with Gasteiger partial charge in [0, 0.05) is 6.54 Å². The maximum absolute atomic E-state index is 12.7. The molecule has 1 N–H and O–H groups in total. The second-order valence-electron chi connectivity index (χ2n) is 5.85. The Labute approximate surface area is 128 Å². The van der Waals surface area contributed by atoms with Gasteiger partial charge in [-0.05, 0) is 51.0 Å². The fourth-order valence-electron chi connectivity index (χ4n) is 1.64. The van der Waals surface area contributed by atoms with E-state index in [2.05, 4.69) is 5.32 Å². The number of nitrogens with one attached hydrogen (secondary N) is 1. The Kier molecular flexibility index (Phi) is 5.63. The minimum Gasteiger partial charge on any atom is -0.444 e. The lowest BCUT2D eigenvalue weighted by molar-refractivity contribution is -0.137. The molecule has 0 unspecified atom stereocenters. The van der Waals surface area contributed by atoms with Crippen molar-refractivity contribution in [3.05, 3.63) is 41.0 Å². The van der Waals surface area contributed by atoms with Crippen molar-refractivity contribution in [2.24, 2.45) is 0 Å². The molecule has 1 aromatic carbocycles. The summed E-state index contributed by atoms with van der Waals surface area (Å²) in [6.45, 7) is 7.13. The summed E-state index contributed by atoms with van der Waals surface area (Å²) in [6.07, 6.45) is -1.82. The average molecular weight is 315 g/mol. The zero-order valence-electron chi connectivity index (χ0n) is 13.0. The molecule has 0 atom stereocenters. The van der Waals surface area contributed by atoms with Gasteiger partial charge in [-0.2, -0.15) is 13.2 Å². The van der Waals surface area contributed by atoms with Crippen molar-refractivity contribution in [1.82, 2.24) is 5.32 Å². The number of carbonyl (C=O) groups is 1. The van der Waals surface area contributed by atoms with Crippen LogP contribution in [-0.2, 0) is 10.9 Å². The van der Waals surface area contributed by atoms with Crippen LogP contribution in [0.5, 0.6) is 0 Å². The lowest BCUT2D eigenvalue weighted by Crippen LogP contribution is -2.32. The fraction of sp³-hybridized carbons (Fsp3) is 0.438. The molecule has 0 aliphatic rings. The first-order valence-corrected chi connectivity index (χ1v) is 6.80. The molecule has 0 fully saturated rings. The maximum Gasteiger partial charge on any atom is 0.416 e. The Balaban J connectivity index is 2.65. The van der Waals surface area contributed by atoms with Crippen LogP contribution < -0.4 is 5.32 Å². The van der Waals surface area contributed by atoms with Gasteiger partial charge in [-0.1, -0.05) is 18.2 Å². The van der Waals surface area contributed by atoms with Gasteiger partial charge in [0.1, 0.15) is 5.60 Å². The minimum atomic E-state index is -4.37. The van der Waals surface area contributed by atoms with E-state index < -0.39 is 23.4 Å². The molecule has 0 aliphatic heterocycles. The monoisotopic (exact) mass is 315 g/mol. The number of benzene rings is 1. The van der Waals surface area contributed by atoms with E-state index in [4.69, 9.17) is 4.74 Å². The highest BCUT2D eigenvalue weighted by molar-refractivity contribution is 5.68. The minimum absolute atomic E-state index is 0.171. The average Bonchev–Trinajstić information content (AvgIpc) is 2.33. The molecule has 0 saturated heterocycles. The third-order valence-corrected chi connectivity index (χ3v) is 2.67. The summed E-state index contributed by atoms with van der Waals surface area (Å²) in [5.74, 6) is 0. The number of rotatable bonds is 3. The normalized spacial score (nSPS) is 12.5. The van der Waals surface area contributed by atoms with E-state index in [-0.39, 0.29) is 6.54 Å². The Bertz CT molecular complexity index is 557. The molecule has 122 valence electrons. The van der Waals surface area contributed by atoms with Gasteiger partial charge >= 0.3 is 12.3 Å². The summed E-state index contributed by atoms with van der Waals surface area (Å²) < 4.78 is 43.0. The molecule has 1 rings (SSSR count). The predicted molar refractivity (Wildman–Crippen MR) is 79.5 cm³/mol. The van der Waals surface area contributed by atoms with Crippen molar-refractivity contribution in [3.63, 3.8) is 0 Å². The van der Waals surface area contributed by atoms with Crippen LogP contribution in [0.1, 0.15) is 37.5 Å². The highest BCUT2D eigenvalue weighted by Crippen LogP contribution is 2.30. The van der Waals surface area contributed by atoms with Crippen LogP contribution in [0.15, 0.2) is 24.3 Å². The van der Waals surface area contributed by atoms with Crippen LogP contribution in [0.3, 0.4) is 0 Å². The molecular weight excluding hydrogens is 295 g/mol. The lowest BCUT2D eigenvalue weighted by Gasteiger charge is -2.19. The van der Waals surface area contributed by atoms with E-state index in [0.717, 1.165) is 17.7 Å². The van der Waals surface area contributed by atoms with E-state index in [1.54, 1.807) is 39.8 Å². The molecule has 1 aromatic rings. The maximum atomic E-state index is 12.7. The van der Waals surface area contributed by atoms with Crippen LogP contribution in [-0.4, -0.2) is 18.2 Å². The highest BCUT2D eigenvalue weighted by Gasteiger charge is 2.30. The van der Waals surface area contributed by atoms with Crippen LogP contribution in [0.4, 0.5) is 18.0 Å². The van der Waals surface area contributed by atoms with Gasteiger partial charge in [0.05, 0.1) is 5.56 Å². The molecule has 0 spiro atoms. The molecule has 6 heteroatoms. The van der Waals surface area contributed by atoms with Gasteiger partial charge in [-0.15, -0.1) is 0 Å². The van der Waals surface area contributed by atoms with Crippen molar-refractivity contribution >= 4 is 12.2 Å². The second-order valence-corrected chi connectivity index (χ2v) is 5.85. The van der Waals surface area contributed by atoms with Crippen molar-refractivity contribution in [3.8, 4) is 0 Å². The summed E-state index contributed by atoms with van der Waals surface area (Å²) in [6, 6.07) is 3.55. The van der Waals surface area contributed by atoms with E-state index in [1.807, 2.05) is 0 Å². The number of carbonyl (C=O) groups excluding carboxylic acids is 1. The summed E-state index contributed by atoms with van der Waals surface area (Å²) >= 11 is 0. The van der Waals surface area contributed by atoms with Crippen LogP contribution in [0.2, 0.25) is 0 Å². The molecule has 0 bridgehead atoms. The van der Waals surface area contributed by atoms with Crippen molar-refractivity contribution in [1.29, 1.82) is 0 Å². The first-order valence-electron chi connectivity index (χ1n) is 6.80. The van der Waals surface area contributed by atoms with E-state index in [0.29, 0.717) is 5.56 Å². The first kappa shape index (κ1) is 18.1. The van der Waals surface area contributed by atoms with Gasteiger partial charge in [-0.25, -0.2) is 4.79 Å². The zero-order valence-corrected chi connectivity index (χ0v) is 13.0. The molecule has 0 aliphatic carbocycles. The Hall–Kier alpha value is -1.98. The van der Waals surface area contributed by atoms with Gasteiger partial charge in [0.15, 0.2) is 0 Å². The van der Waals surface area contributed by atoms with Gasteiger partial charge in [0.25, 0.3) is 0 Å². The van der Waals surface area contributed by atoms with E-state index in [1.165, 1.54) is 6.07 Å². The molecule has 0 heterocycles. The van der Waals surface area contributed by atoms with Crippen LogP contribution >= 0.6 is 0 Å². The lowest BCUT2D eigenvalue weighted by atomic mass is 10.0. The summed E-state index contributed by atoms with van der Waals surface area (Å²) in [4.78, 5) is 11.4. The van der Waals surface area contributed by atoms with E-state index >= 15 is 0 Å². The quantitative estimate of drug-likeness (QED) is 0.888. The highest BCUT2D eigenvalue weighted by atomic mass is 19.4. The topological polar surface area (TPSA) is 38.3 Å². The standard InChI is InChI=1S/C16H20F3NO2/c1-11-7-8-13(16(17,18)19)10-12(11)6-5-9-20-14(21)22-15(2,3)4/h5-8,10H,9H2,1-4H3,(H,20,21). The number of alkyl carbamates (subject to hydrolysis) is 1. The molecule has 1 amide bonds. The Morgan fingerprint density at radius 3 is 2.45 bits per heavy atom. The molecule has 0 radical (unpaired) electrons. The SMILES string of the molecule is Cc1ccc(C(F)(F)F)cc1C=CCNC(=O)OC(C)(C)C. The zero-order chi connectivity index (χ0) is 17.0. The van der Waals surface area contributed by atoms with Crippen LogP contribution in [0.25, 0.3) is 6.08 Å². The molecule has 0 saturated carbocycles. The van der Waals surface area contributed by atoms with E-state index in [9.17, 15) is 18.0 Å². The van der Waals surface area contributed by atoms with Gasteiger partial charge in [-0.3, -0.25) is 0 Å². The smallest absolute Gasteiger partial charge is 0.416 e. The number of aryl methyl sites for hydroxylation is 1. The molecule has 22 heavy (non-hydrogen) atoms. The Morgan fingerprint density at radius 1 is 1.27 bits per heavy atom. The molecule has 3 nitrogen and oxygen atoms in total. The number of amides is 1. The van der Waals surface area contributed by atoms with Crippen LogP contribution in [0, 0.1) is 6.92 Å². The summed E-state index contributed by atoms with van der Waals surface area (Å²) in [5, 5.41) is 2.50. The third-order valence-electron chi connectivity index (χ3n) is 2.67. The fourth-order valence-corrected chi connectivity index (χ4v) is 1.64.